The molecule has 0 aliphatic heterocycles. The first kappa shape index (κ1) is 11.1. The zero-order chi connectivity index (χ0) is 11.1. The van der Waals surface area contributed by atoms with Crippen molar-refractivity contribution < 1.29 is 13.2 Å². The van der Waals surface area contributed by atoms with Crippen LogP contribution in [-0.2, 0) is 13.2 Å². The van der Waals surface area contributed by atoms with Crippen molar-refractivity contribution in [3.8, 4) is 0 Å². The molecule has 0 atom stereocenters. The van der Waals surface area contributed by atoms with E-state index in [1.54, 1.807) is 0 Å². The maximum atomic E-state index is 12.3. The average molecular weight is 226 g/mol. The lowest BCUT2D eigenvalue weighted by atomic mass is 10.2. The van der Waals surface area contributed by atoms with Gasteiger partial charge in [0.05, 0.1) is 5.56 Å². The molecule has 0 aliphatic carbocycles. The van der Waals surface area contributed by atoms with Crippen LogP contribution in [0.5, 0.6) is 0 Å². The van der Waals surface area contributed by atoms with E-state index in [-0.39, 0.29) is 5.69 Å². The Bertz CT molecular complexity index is 422. The minimum Gasteiger partial charge on any atom is -0.315 e. The van der Waals surface area contributed by atoms with Gasteiger partial charge in [0, 0.05) is 12.7 Å². The first-order valence-corrected chi connectivity index (χ1v) is 4.06. The zero-order valence-corrected chi connectivity index (χ0v) is 8.20. The molecule has 6 heteroatoms. The van der Waals surface area contributed by atoms with E-state index < -0.39 is 22.3 Å². The second kappa shape index (κ2) is 3.31. The highest BCUT2D eigenvalue weighted by atomic mass is 35.5. The smallest absolute Gasteiger partial charge is 0.315 e. The number of rotatable bonds is 0. The van der Waals surface area contributed by atoms with Gasteiger partial charge in [0.15, 0.2) is 0 Å². The molecule has 0 bridgehead atoms. The van der Waals surface area contributed by atoms with E-state index in [4.69, 9.17) is 11.6 Å². The maximum absolute atomic E-state index is 12.3. The number of hydrogen-bond acceptors (Lipinski definition) is 1. The Morgan fingerprint density at radius 3 is 2.36 bits per heavy atom. The molecular formula is C8H7ClF3NO. The van der Waals surface area contributed by atoms with E-state index in [9.17, 15) is 18.0 Å². The highest BCUT2D eigenvalue weighted by molar-refractivity contribution is 6.31. The number of aryl methyl sites for hydroxylation is 1. The number of halogens is 4. The molecule has 1 rings (SSSR count). The monoisotopic (exact) mass is 225 g/mol. The fourth-order valence-corrected chi connectivity index (χ4v) is 1.29. The van der Waals surface area contributed by atoms with Crippen LogP contribution in [0.4, 0.5) is 13.2 Å². The van der Waals surface area contributed by atoms with Gasteiger partial charge in [0.1, 0.15) is 5.02 Å². The van der Waals surface area contributed by atoms with E-state index in [1.807, 2.05) is 0 Å². The summed E-state index contributed by atoms with van der Waals surface area (Å²) in [6.45, 7) is 1.41. The van der Waals surface area contributed by atoms with E-state index >= 15 is 0 Å². The molecular weight excluding hydrogens is 219 g/mol. The molecule has 1 aromatic heterocycles. The summed E-state index contributed by atoms with van der Waals surface area (Å²) in [6.07, 6.45) is -4.59. The van der Waals surface area contributed by atoms with Gasteiger partial charge in [0.2, 0.25) is 0 Å². The van der Waals surface area contributed by atoms with E-state index in [0.717, 1.165) is 10.6 Å². The third kappa shape index (κ3) is 1.77. The van der Waals surface area contributed by atoms with Crippen molar-refractivity contribution in [1.29, 1.82) is 0 Å². The van der Waals surface area contributed by atoms with Gasteiger partial charge in [0.25, 0.3) is 5.56 Å². The van der Waals surface area contributed by atoms with Gasteiger partial charge in [-0.3, -0.25) is 4.79 Å². The fraction of sp³-hybridized carbons (Fsp3) is 0.375. The zero-order valence-electron chi connectivity index (χ0n) is 7.44. The van der Waals surface area contributed by atoms with Crippen LogP contribution in [0.15, 0.2) is 10.9 Å². The van der Waals surface area contributed by atoms with Gasteiger partial charge in [-0.2, -0.15) is 13.2 Å². The molecule has 1 aromatic rings. The summed E-state index contributed by atoms with van der Waals surface area (Å²) in [5.74, 6) is 0. The largest absolute Gasteiger partial charge is 0.418 e. The van der Waals surface area contributed by atoms with Crippen LogP contribution < -0.4 is 5.56 Å². The summed E-state index contributed by atoms with van der Waals surface area (Å²) in [4.78, 5) is 11.2. The molecule has 0 spiro atoms. The van der Waals surface area contributed by atoms with Crippen molar-refractivity contribution in [2.45, 2.75) is 13.1 Å². The Morgan fingerprint density at radius 2 is 1.93 bits per heavy atom. The Hall–Kier alpha value is -0.970. The first-order chi connectivity index (χ1) is 6.25. The van der Waals surface area contributed by atoms with Gasteiger partial charge in [-0.1, -0.05) is 11.6 Å². The molecule has 0 unspecified atom stereocenters. The van der Waals surface area contributed by atoms with Crippen LogP contribution in [0.2, 0.25) is 5.02 Å². The molecule has 0 saturated carbocycles. The minimum absolute atomic E-state index is 0.215. The summed E-state index contributed by atoms with van der Waals surface area (Å²) in [6, 6.07) is 0.851. The topological polar surface area (TPSA) is 22.0 Å². The minimum atomic E-state index is -4.59. The number of aromatic nitrogens is 1. The number of hydrogen-bond donors (Lipinski definition) is 0. The van der Waals surface area contributed by atoms with Crippen LogP contribution in [0, 0.1) is 6.92 Å². The number of alkyl halides is 3. The van der Waals surface area contributed by atoms with Crippen LogP contribution >= 0.6 is 11.6 Å². The molecule has 0 aromatic carbocycles. The molecule has 78 valence electrons. The highest BCUT2D eigenvalue weighted by Gasteiger charge is 2.34. The molecule has 0 saturated heterocycles. The summed E-state index contributed by atoms with van der Waals surface area (Å²) in [7, 11) is 1.36. The first-order valence-electron chi connectivity index (χ1n) is 3.68. The summed E-state index contributed by atoms with van der Waals surface area (Å²) < 4.78 is 38.0. The predicted octanol–water partition coefficient (Wildman–Crippen LogP) is 2.37. The van der Waals surface area contributed by atoms with Gasteiger partial charge < -0.3 is 4.57 Å². The van der Waals surface area contributed by atoms with E-state index in [0.29, 0.717) is 0 Å². The Kier molecular flexibility index (Phi) is 2.63. The molecule has 14 heavy (non-hydrogen) atoms. The standard InChI is InChI=1S/C8H7ClF3NO/c1-4-3-5(8(10,11)12)6(9)7(14)13(4)2/h3H,1-2H3. The molecule has 0 amide bonds. The van der Waals surface area contributed by atoms with Crippen LogP contribution in [0.25, 0.3) is 0 Å². The summed E-state index contributed by atoms with van der Waals surface area (Å²) in [5, 5.41) is -0.786. The van der Waals surface area contributed by atoms with Crippen LogP contribution in [0.1, 0.15) is 11.3 Å². The van der Waals surface area contributed by atoms with Crippen LogP contribution in [-0.4, -0.2) is 4.57 Å². The van der Waals surface area contributed by atoms with Crippen molar-refractivity contribution in [1.82, 2.24) is 4.57 Å². The Morgan fingerprint density at radius 1 is 1.43 bits per heavy atom. The van der Waals surface area contributed by atoms with Crippen molar-refractivity contribution in [2.24, 2.45) is 7.05 Å². The van der Waals surface area contributed by atoms with Crippen molar-refractivity contribution in [3.63, 3.8) is 0 Å². The molecule has 2 nitrogen and oxygen atoms in total. The van der Waals surface area contributed by atoms with Crippen molar-refractivity contribution >= 4 is 11.6 Å². The Balaban J connectivity index is 3.58. The van der Waals surface area contributed by atoms with Gasteiger partial charge >= 0.3 is 6.18 Å². The third-order valence-electron chi connectivity index (χ3n) is 1.92. The third-order valence-corrected chi connectivity index (χ3v) is 2.28. The predicted molar refractivity (Wildman–Crippen MR) is 46.4 cm³/mol. The molecule has 0 N–H and O–H groups in total. The highest BCUT2D eigenvalue weighted by Crippen LogP contribution is 2.33. The normalized spacial score (nSPS) is 11.9. The lowest BCUT2D eigenvalue weighted by Gasteiger charge is -2.11. The molecule has 0 aliphatic rings. The quantitative estimate of drug-likeness (QED) is 0.664. The Labute approximate surface area is 82.9 Å². The summed E-state index contributed by atoms with van der Waals surface area (Å²) in [5.41, 5.74) is -1.70. The number of pyridine rings is 1. The molecule has 0 fully saturated rings. The fourth-order valence-electron chi connectivity index (χ4n) is 0.998. The SMILES string of the molecule is Cc1cc(C(F)(F)F)c(Cl)c(=O)n1C. The van der Waals surface area contributed by atoms with Gasteiger partial charge in [-0.15, -0.1) is 0 Å². The lowest BCUT2D eigenvalue weighted by molar-refractivity contribution is -0.137. The summed E-state index contributed by atoms with van der Waals surface area (Å²) >= 11 is 5.30. The number of nitrogens with zero attached hydrogens (tertiary/aromatic N) is 1. The lowest BCUT2D eigenvalue weighted by Crippen LogP contribution is -2.23. The van der Waals surface area contributed by atoms with Crippen molar-refractivity contribution in [3.05, 3.63) is 32.7 Å². The van der Waals surface area contributed by atoms with Crippen LogP contribution in [0.3, 0.4) is 0 Å². The molecule has 0 radical (unpaired) electrons. The van der Waals surface area contributed by atoms with Gasteiger partial charge in [-0.25, -0.2) is 0 Å². The molecule has 1 heterocycles. The maximum Gasteiger partial charge on any atom is 0.418 e. The van der Waals surface area contributed by atoms with E-state index in [2.05, 4.69) is 0 Å². The van der Waals surface area contributed by atoms with Crippen molar-refractivity contribution in [2.75, 3.05) is 0 Å². The second-order valence-corrected chi connectivity index (χ2v) is 3.25. The van der Waals surface area contributed by atoms with E-state index in [1.165, 1.54) is 14.0 Å². The second-order valence-electron chi connectivity index (χ2n) is 2.88. The average Bonchev–Trinajstić information content (AvgIpc) is 2.06. The van der Waals surface area contributed by atoms with Gasteiger partial charge in [-0.05, 0) is 13.0 Å².